The second kappa shape index (κ2) is 6.52. The number of ether oxygens (including phenoxy) is 1. The summed E-state index contributed by atoms with van der Waals surface area (Å²) in [5, 5.41) is 19.3. The molecule has 1 aromatic carbocycles. The standard InChI is InChI=1S/C15H14ClN5O4/c1-8-6-13(21(22)23)18-20(8)9(2)15-17-14(19-25-15)11-7-10(16)4-5-12(11)24-3/h4-7,9H,1-3H3. The third kappa shape index (κ3) is 3.18. The molecule has 0 aliphatic heterocycles. The lowest BCUT2D eigenvalue weighted by Crippen LogP contribution is -2.10. The molecule has 25 heavy (non-hydrogen) atoms. The van der Waals surface area contributed by atoms with Crippen molar-refractivity contribution >= 4 is 17.4 Å². The third-order valence-electron chi connectivity index (χ3n) is 3.67. The normalized spacial score (nSPS) is 12.2. The predicted octanol–water partition coefficient (Wildman–Crippen LogP) is 3.42. The van der Waals surface area contributed by atoms with Crippen LogP contribution < -0.4 is 4.74 Å². The second-order valence-electron chi connectivity index (χ2n) is 5.32. The highest BCUT2D eigenvalue weighted by atomic mass is 35.5. The van der Waals surface area contributed by atoms with Gasteiger partial charge >= 0.3 is 5.82 Å². The number of benzene rings is 1. The van der Waals surface area contributed by atoms with Crippen LogP contribution >= 0.6 is 11.6 Å². The highest BCUT2D eigenvalue weighted by molar-refractivity contribution is 6.30. The van der Waals surface area contributed by atoms with Gasteiger partial charge in [-0.1, -0.05) is 16.8 Å². The summed E-state index contributed by atoms with van der Waals surface area (Å²) in [4.78, 5) is 14.7. The predicted molar refractivity (Wildman–Crippen MR) is 88.7 cm³/mol. The van der Waals surface area contributed by atoms with Crippen molar-refractivity contribution in [2.75, 3.05) is 7.11 Å². The Balaban J connectivity index is 1.96. The minimum Gasteiger partial charge on any atom is -0.496 e. The van der Waals surface area contributed by atoms with Crippen LogP contribution in [0, 0.1) is 17.0 Å². The zero-order chi connectivity index (χ0) is 18.1. The lowest BCUT2D eigenvalue weighted by atomic mass is 10.2. The first-order valence-corrected chi connectivity index (χ1v) is 7.66. The van der Waals surface area contributed by atoms with Crippen LogP contribution in [-0.2, 0) is 0 Å². The fourth-order valence-electron chi connectivity index (χ4n) is 2.43. The van der Waals surface area contributed by atoms with Crippen LogP contribution in [0.4, 0.5) is 5.82 Å². The molecule has 10 heteroatoms. The Hall–Kier alpha value is -2.94. The lowest BCUT2D eigenvalue weighted by Gasteiger charge is -2.05. The first-order chi connectivity index (χ1) is 11.9. The Kier molecular flexibility index (Phi) is 4.41. The molecule has 0 radical (unpaired) electrons. The van der Waals surface area contributed by atoms with E-state index in [1.54, 1.807) is 32.0 Å². The summed E-state index contributed by atoms with van der Waals surface area (Å²) < 4.78 is 12.1. The van der Waals surface area contributed by atoms with E-state index in [2.05, 4.69) is 15.2 Å². The number of aryl methyl sites for hydroxylation is 1. The Morgan fingerprint density at radius 3 is 2.80 bits per heavy atom. The highest BCUT2D eigenvalue weighted by Gasteiger charge is 2.25. The first kappa shape index (κ1) is 16.9. The number of nitro groups is 1. The fourth-order valence-corrected chi connectivity index (χ4v) is 2.60. The van der Waals surface area contributed by atoms with Crippen LogP contribution in [0.25, 0.3) is 11.4 Å². The number of methoxy groups -OCH3 is 1. The molecule has 9 nitrogen and oxygen atoms in total. The van der Waals surface area contributed by atoms with E-state index >= 15 is 0 Å². The van der Waals surface area contributed by atoms with Crippen molar-refractivity contribution in [3.63, 3.8) is 0 Å². The summed E-state index contributed by atoms with van der Waals surface area (Å²) in [5.74, 6) is 0.884. The van der Waals surface area contributed by atoms with Crippen molar-refractivity contribution in [3.05, 3.63) is 51.0 Å². The summed E-state index contributed by atoms with van der Waals surface area (Å²) in [5.41, 5.74) is 1.19. The molecule has 0 amide bonds. The zero-order valence-corrected chi connectivity index (χ0v) is 14.4. The fraction of sp³-hybridized carbons (Fsp3) is 0.267. The maximum absolute atomic E-state index is 10.9. The van der Waals surface area contributed by atoms with E-state index in [-0.39, 0.29) is 11.7 Å². The average molecular weight is 364 g/mol. The maximum atomic E-state index is 10.9. The molecule has 0 aliphatic rings. The van der Waals surface area contributed by atoms with Gasteiger partial charge in [-0.25, -0.2) is 0 Å². The summed E-state index contributed by atoms with van der Waals surface area (Å²) in [7, 11) is 1.53. The smallest absolute Gasteiger partial charge is 0.390 e. The molecule has 2 aromatic heterocycles. The Bertz CT molecular complexity index is 936. The van der Waals surface area contributed by atoms with Crippen molar-refractivity contribution < 1.29 is 14.2 Å². The van der Waals surface area contributed by atoms with Gasteiger partial charge in [-0.2, -0.15) is 9.67 Å². The van der Waals surface area contributed by atoms with Gasteiger partial charge in [0.1, 0.15) is 11.8 Å². The van der Waals surface area contributed by atoms with Crippen molar-refractivity contribution in [1.82, 2.24) is 19.9 Å². The number of hydrogen-bond acceptors (Lipinski definition) is 7. The largest absolute Gasteiger partial charge is 0.496 e. The summed E-state index contributed by atoms with van der Waals surface area (Å²) in [6, 6.07) is 5.98. The molecule has 1 unspecified atom stereocenters. The van der Waals surface area contributed by atoms with Crippen molar-refractivity contribution in [1.29, 1.82) is 0 Å². The molecule has 0 aliphatic carbocycles. The van der Waals surface area contributed by atoms with Crippen molar-refractivity contribution in [2.45, 2.75) is 19.9 Å². The lowest BCUT2D eigenvalue weighted by molar-refractivity contribution is -0.389. The molecule has 1 atom stereocenters. The van der Waals surface area contributed by atoms with Gasteiger partial charge in [0.15, 0.2) is 0 Å². The van der Waals surface area contributed by atoms with E-state index < -0.39 is 11.0 Å². The van der Waals surface area contributed by atoms with Crippen LogP contribution in [0.15, 0.2) is 28.8 Å². The van der Waals surface area contributed by atoms with Crippen molar-refractivity contribution in [2.24, 2.45) is 0 Å². The van der Waals surface area contributed by atoms with Gasteiger partial charge in [0.25, 0.3) is 5.89 Å². The average Bonchev–Trinajstić information content (AvgIpc) is 3.21. The number of aromatic nitrogens is 4. The van der Waals surface area contributed by atoms with Crippen LogP contribution in [0.5, 0.6) is 5.75 Å². The van der Waals surface area contributed by atoms with Crippen molar-refractivity contribution in [3.8, 4) is 17.1 Å². The molecule has 0 saturated carbocycles. The van der Waals surface area contributed by atoms with Gasteiger partial charge < -0.3 is 19.4 Å². The molecule has 0 bridgehead atoms. The van der Waals surface area contributed by atoms with E-state index in [1.165, 1.54) is 17.9 Å². The molecule has 0 saturated heterocycles. The van der Waals surface area contributed by atoms with Crippen LogP contribution in [-0.4, -0.2) is 32.0 Å². The number of rotatable bonds is 5. The Morgan fingerprint density at radius 1 is 1.40 bits per heavy atom. The summed E-state index contributed by atoms with van der Waals surface area (Å²) in [6.45, 7) is 3.48. The summed E-state index contributed by atoms with van der Waals surface area (Å²) >= 11 is 6.02. The molecular formula is C15H14ClN5O4. The summed E-state index contributed by atoms with van der Waals surface area (Å²) in [6.07, 6.45) is 0. The van der Waals surface area contributed by atoms with Gasteiger partial charge in [-0.3, -0.25) is 0 Å². The van der Waals surface area contributed by atoms with E-state index in [1.807, 2.05) is 0 Å². The van der Waals surface area contributed by atoms with E-state index in [9.17, 15) is 10.1 Å². The van der Waals surface area contributed by atoms with Crippen LogP contribution in [0.3, 0.4) is 0 Å². The molecule has 0 fully saturated rings. The van der Waals surface area contributed by atoms with Gasteiger partial charge in [0, 0.05) is 5.02 Å². The number of halogens is 1. The van der Waals surface area contributed by atoms with E-state index in [0.717, 1.165) is 0 Å². The maximum Gasteiger partial charge on any atom is 0.390 e. The zero-order valence-electron chi connectivity index (χ0n) is 13.6. The Morgan fingerprint density at radius 2 is 2.16 bits per heavy atom. The molecular weight excluding hydrogens is 350 g/mol. The van der Waals surface area contributed by atoms with E-state index in [0.29, 0.717) is 27.9 Å². The number of hydrogen-bond donors (Lipinski definition) is 0. The van der Waals surface area contributed by atoms with E-state index in [4.69, 9.17) is 20.9 Å². The highest BCUT2D eigenvalue weighted by Crippen LogP contribution is 2.31. The molecule has 0 N–H and O–H groups in total. The quantitative estimate of drug-likeness (QED) is 0.504. The molecule has 3 aromatic rings. The molecule has 2 heterocycles. The second-order valence-corrected chi connectivity index (χ2v) is 5.76. The Labute approximate surface area is 147 Å². The third-order valence-corrected chi connectivity index (χ3v) is 3.90. The SMILES string of the molecule is COc1ccc(Cl)cc1-c1noc(C(C)n2nc([N+](=O)[O-])cc2C)n1. The van der Waals surface area contributed by atoms with Gasteiger partial charge in [-0.05, 0) is 37.0 Å². The number of nitrogens with zero attached hydrogens (tertiary/aromatic N) is 5. The minimum absolute atomic E-state index is 0.236. The van der Waals surface area contributed by atoms with Crippen LogP contribution in [0.2, 0.25) is 5.02 Å². The molecule has 0 spiro atoms. The van der Waals surface area contributed by atoms with Gasteiger partial charge in [-0.15, -0.1) is 0 Å². The minimum atomic E-state index is -0.549. The van der Waals surface area contributed by atoms with Crippen LogP contribution in [0.1, 0.15) is 24.6 Å². The molecule has 130 valence electrons. The topological polar surface area (TPSA) is 109 Å². The monoisotopic (exact) mass is 363 g/mol. The van der Waals surface area contributed by atoms with Gasteiger partial charge in [0.05, 0.1) is 29.5 Å². The molecule has 3 rings (SSSR count). The van der Waals surface area contributed by atoms with Gasteiger partial charge in [0.2, 0.25) is 5.82 Å². The first-order valence-electron chi connectivity index (χ1n) is 7.28.